The van der Waals surface area contributed by atoms with E-state index in [4.69, 9.17) is 4.74 Å². The van der Waals surface area contributed by atoms with E-state index in [1.54, 1.807) is 17.0 Å². The highest BCUT2D eigenvalue weighted by Gasteiger charge is 2.59. The molecular weight excluding hydrogens is 384 g/mol. The average molecular weight is 407 g/mol. The van der Waals surface area contributed by atoms with Gasteiger partial charge in [0.25, 0.3) is 0 Å². The second-order valence-corrected chi connectivity index (χ2v) is 7.88. The van der Waals surface area contributed by atoms with Crippen LogP contribution in [0.2, 0.25) is 0 Å². The molecule has 1 saturated heterocycles. The molecule has 29 heavy (non-hydrogen) atoms. The molecule has 1 aliphatic carbocycles. The summed E-state index contributed by atoms with van der Waals surface area (Å²) in [4.78, 5) is 1.75. The minimum atomic E-state index is -1.38. The fraction of sp³-hybridized carbons (Fsp3) is 0.429. The number of phenolic OH excluding ortho intramolecular Hbond substituents is 1. The zero-order valence-corrected chi connectivity index (χ0v) is 15.6. The quantitative estimate of drug-likeness (QED) is 0.602. The van der Waals surface area contributed by atoms with Gasteiger partial charge in [0.1, 0.15) is 23.6 Å². The van der Waals surface area contributed by atoms with Crippen molar-refractivity contribution in [1.82, 2.24) is 4.90 Å². The lowest BCUT2D eigenvalue weighted by atomic mass is 9.93. The Balaban J connectivity index is 1.41. The van der Waals surface area contributed by atoms with Crippen LogP contribution in [0.15, 0.2) is 42.5 Å². The number of aromatic hydroxyl groups is 1. The number of phenols is 1. The molecule has 0 bridgehead atoms. The highest BCUT2D eigenvalue weighted by atomic mass is 19.1. The standard InChI is InChI=1S/C21H23F2NO5/c22-15-6-12(7-16(23)19(15)26)17(25)10-24-9-13-8-18(20(27)21(13,28)11-24)29-14-4-2-1-3-5-14/h1-7,13,17-18,20,25-28H,8-11H2/t13-,17-,18+,20+,21-/m1/s1. The van der Waals surface area contributed by atoms with Gasteiger partial charge >= 0.3 is 0 Å². The van der Waals surface area contributed by atoms with Crippen LogP contribution in [0.1, 0.15) is 18.1 Å². The molecule has 6 nitrogen and oxygen atoms in total. The van der Waals surface area contributed by atoms with Crippen molar-refractivity contribution in [2.24, 2.45) is 5.92 Å². The Kier molecular flexibility index (Phi) is 5.20. The first-order valence-corrected chi connectivity index (χ1v) is 9.48. The molecule has 1 heterocycles. The number of halogens is 2. The number of likely N-dealkylation sites (tertiary alicyclic amines) is 1. The monoisotopic (exact) mass is 407 g/mol. The number of hydrogen-bond donors (Lipinski definition) is 4. The Bertz CT molecular complexity index is 860. The van der Waals surface area contributed by atoms with Crippen LogP contribution < -0.4 is 4.74 Å². The Labute approximate surface area is 166 Å². The zero-order chi connectivity index (χ0) is 20.8. The lowest BCUT2D eigenvalue weighted by Gasteiger charge is -2.29. The number of aliphatic hydroxyl groups excluding tert-OH is 2. The van der Waals surface area contributed by atoms with Gasteiger partial charge in [-0.3, -0.25) is 4.90 Å². The molecule has 2 aromatic rings. The van der Waals surface area contributed by atoms with Gasteiger partial charge in [0.2, 0.25) is 0 Å². The molecule has 8 heteroatoms. The third kappa shape index (κ3) is 3.69. The number of β-amino-alcohol motifs (C(OH)–C–C–N with tert-alkyl or cyclic N) is 2. The van der Waals surface area contributed by atoms with Crippen molar-refractivity contribution in [2.75, 3.05) is 19.6 Å². The molecule has 4 N–H and O–H groups in total. The van der Waals surface area contributed by atoms with Gasteiger partial charge in [-0.05, 0) is 36.2 Å². The van der Waals surface area contributed by atoms with E-state index in [1.165, 1.54) is 0 Å². The van der Waals surface area contributed by atoms with Crippen molar-refractivity contribution in [2.45, 2.75) is 30.3 Å². The van der Waals surface area contributed by atoms with Crippen LogP contribution in [0.3, 0.4) is 0 Å². The molecule has 4 rings (SSSR count). The molecule has 0 radical (unpaired) electrons. The maximum absolute atomic E-state index is 13.5. The third-order valence-corrected chi connectivity index (χ3v) is 5.93. The minimum Gasteiger partial charge on any atom is -0.503 e. The van der Waals surface area contributed by atoms with Crippen molar-refractivity contribution in [3.63, 3.8) is 0 Å². The van der Waals surface area contributed by atoms with Crippen LogP contribution in [0.5, 0.6) is 11.5 Å². The SMILES string of the molecule is Oc1c(F)cc([C@H](O)CN2C[C@H]3C[C@H](Oc4ccccc4)[C@H](O)[C@@]3(O)C2)cc1F. The van der Waals surface area contributed by atoms with E-state index in [1.807, 2.05) is 18.2 Å². The summed E-state index contributed by atoms with van der Waals surface area (Å²) in [5.41, 5.74) is -1.39. The van der Waals surface area contributed by atoms with E-state index in [2.05, 4.69) is 0 Å². The molecule has 5 atom stereocenters. The molecule has 2 fully saturated rings. The van der Waals surface area contributed by atoms with Gasteiger partial charge < -0.3 is 25.2 Å². The van der Waals surface area contributed by atoms with Crippen LogP contribution in [0.4, 0.5) is 8.78 Å². The molecule has 2 aromatic carbocycles. The van der Waals surface area contributed by atoms with Crippen molar-refractivity contribution in [3.05, 3.63) is 59.7 Å². The summed E-state index contributed by atoms with van der Waals surface area (Å²) in [6.07, 6.45) is -2.41. The van der Waals surface area contributed by atoms with Gasteiger partial charge in [-0.2, -0.15) is 0 Å². The highest BCUT2D eigenvalue weighted by Crippen LogP contribution is 2.43. The number of aliphatic hydroxyl groups is 3. The predicted molar refractivity (Wildman–Crippen MR) is 99.3 cm³/mol. The molecule has 0 aromatic heterocycles. The van der Waals surface area contributed by atoms with E-state index in [0.29, 0.717) is 18.7 Å². The zero-order valence-electron chi connectivity index (χ0n) is 15.6. The number of fused-ring (bicyclic) bond motifs is 1. The predicted octanol–water partition coefficient (Wildman–Crippen LogP) is 1.58. The van der Waals surface area contributed by atoms with Crippen LogP contribution >= 0.6 is 0 Å². The van der Waals surface area contributed by atoms with Crippen LogP contribution in [0.25, 0.3) is 0 Å². The number of benzene rings is 2. The summed E-state index contributed by atoms with van der Waals surface area (Å²) in [6, 6.07) is 10.8. The van der Waals surface area contributed by atoms with Gasteiger partial charge in [0, 0.05) is 25.6 Å². The van der Waals surface area contributed by atoms with E-state index in [9.17, 15) is 29.2 Å². The van der Waals surface area contributed by atoms with Crippen LogP contribution in [0, 0.1) is 17.6 Å². The smallest absolute Gasteiger partial charge is 0.187 e. The molecule has 0 unspecified atom stereocenters. The van der Waals surface area contributed by atoms with E-state index >= 15 is 0 Å². The van der Waals surface area contributed by atoms with E-state index in [-0.39, 0.29) is 24.6 Å². The molecule has 0 spiro atoms. The average Bonchev–Trinajstić information content (AvgIpc) is 3.11. The van der Waals surface area contributed by atoms with Gasteiger partial charge in [-0.25, -0.2) is 8.78 Å². The van der Waals surface area contributed by atoms with Crippen molar-refractivity contribution >= 4 is 0 Å². The molecule has 1 saturated carbocycles. The molecule has 156 valence electrons. The summed E-state index contributed by atoms with van der Waals surface area (Å²) < 4.78 is 32.9. The van der Waals surface area contributed by atoms with Gasteiger partial charge in [0.15, 0.2) is 17.4 Å². The maximum atomic E-state index is 13.5. The summed E-state index contributed by atoms with van der Waals surface area (Å²) >= 11 is 0. The Morgan fingerprint density at radius 2 is 1.83 bits per heavy atom. The Morgan fingerprint density at radius 1 is 1.17 bits per heavy atom. The minimum absolute atomic E-state index is 0.00677. The number of nitrogens with zero attached hydrogens (tertiary/aromatic N) is 1. The fourth-order valence-electron chi connectivity index (χ4n) is 4.42. The fourth-order valence-corrected chi connectivity index (χ4v) is 4.42. The first-order chi connectivity index (χ1) is 13.8. The van der Waals surface area contributed by atoms with Crippen molar-refractivity contribution < 1.29 is 33.9 Å². The van der Waals surface area contributed by atoms with E-state index < -0.39 is 41.3 Å². The highest BCUT2D eigenvalue weighted by molar-refractivity contribution is 5.31. The largest absolute Gasteiger partial charge is 0.503 e. The van der Waals surface area contributed by atoms with Gasteiger partial charge in [0.05, 0.1) is 6.10 Å². The molecule has 1 aliphatic heterocycles. The summed E-state index contributed by atoms with van der Waals surface area (Å²) in [5.74, 6) is -3.02. The van der Waals surface area contributed by atoms with E-state index in [0.717, 1.165) is 12.1 Å². The van der Waals surface area contributed by atoms with Crippen molar-refractivity contribution in [3.8, 4) is 11.5 Å². The van der Waals surface area contributed by atoms with Crippen LogP contribution in [-0.4, -0.2) is 62.8 Å². The topological polar surface area (TPSA) is 93.4 Å². The Hall–Kier alpha value is -2.26. The number of rotatable bonds is 5. The summed E-state index contributed by atoms with van der Waals surface area (Å²) in [7, 11) is 0. The Morgan fingerprint density at radius 3 is 2.45 bits per heavy atom. The molecule has 2 aliphatic rings. The normalized spacial score (nSPS) is 30.3. The number of hydrogen-bond acceptors (Lipinski definition) is 6. The first kappa shape index (κ1) is 20.0. The molecule has 0 amide bonds. The number of ether oxygens (including phenoxy) is 1. The lowest BCUT2D eigenvalue weighted by molar-refractivity contribution is -0.0875. The lowest BCUT2D eigenvalue weighted by Crippen LogP contribution is -2.49. The summed E-state index contributed by atoms with van der Waals surface area (Å²) in [6.45, 7) is 0.537. The summed E-state index contributed by atoms with van der Waals surface area (Å²) in [5, 5.41) is 41.2. The van der Waals surface area contributed by atoms with Crippen LogP contribution in [-0.2, 0) is 0 Å². The first-order valence-electron chi connectivity index (χ1n) is 9.48. The maximum Gasteiger partial charge on any atom is 0.187 e. The number of para-hydroxylation sites is 1. The second-order valence-electron chi connectivity index (χ2n) is 7.88. The third-order valence-electron chi connectivity index (χ3n) is 5.93. The van der Waals surface area contributed by atoms with Gasteiger partial charge in [-0.15, -0.1) is 0 Å². The second kappa shape index (κ2) is 7.53. The van der Waals surface area contributed by atoms with Crippen molar-refractivity contribution in [1.29, 1.82) is 0 Å². The molecular formula is C21H23F2NO5. The van der Waals surface area contributed by atoms with Gasteiger partial charge in [-0.1, -0.05) is 18.2 Å².